The Balaban J connectivity index is 1.86. The predicted octanol–water partition coefficient (Wildman–Crippen LogP) is 5.52. The summed E-state index contributed by atoms with van der Waals surface area (Å²) in [5.41, 5.74) is 2.50. The Morgan fingerprint density at radius 2 is 1.81 bits per heavy atom. The Labute approximate surface area is 220 Å². The van der Waals surface area contributed by atoms with Crippen LogP contribution >= 0.6 is 0 Å². The van der Waals surface area contributed by atoms with Crippen LogP contribution in [0.5, 0.6) is 0 Å². The number of fused-ring (bicyclic) bond motifs is 1. The molecule has 2 aromatic heterocycles. The zero-order valence-electron chi connectivity index (χ0n) is 22.9. The predicted molar refractivity (Wildman–Crippen MR) is 148 cm³/mol. The van der Waals surface area contributed by atoms with Crippen molar-refractivity contribution in [3.05, 3.63) is 53.2 Å². The SMILES string of the molecule is CCCC(CCC)CN[C@@H](CC(C)C)C(=O)NC(Cc1c[nH]c2ccccc12)c1nc(C(=O)O)c(C)[nH]1. The Hall–Kier alpha value is -3.13. The molecule has 8 heteroatoms. The summed E-state index contributed by atoms with van der Waals surface area (Å²) < 4.78 is 0. The van der Waals surface area contributed by atoms with Gasteiger partial charge in [0, 0.05) is 29.2 Å². The average molecular weight is 510 g/mol. The number of carboxylic acid groups (broad SMARTS) is 1. The topological polar surface area (TPSA) is 123 Å². The van der Waals surface area contributed by atoms with E-state index in [0.29, 0.717) is 36.2 Å². The number of H-pyrrole nitrogens is 2. The molecule has 3 rings (SSSR count). The minimum atomic E-state index is -1.09. The van der Waals surface area contributed by atoms with Crippen molar-refractivity contribution >= 4 is 22.8 Å². The fourth-order valence-electron chi connectivity index (χ4n) is 5.09. The minimum Gasteiger partial charge on any atom is -0.476 e. The molecule has 2 heterocycles. The summed E-state index contributed by atoms with van der Waals surface area (Å²) in [6, 6.07) is 7.18. The number of aromatic nitrogens is 3. The lowest BCUT2D eigenvalue weighted by Gasteiger charge is -2.26. The molecule has 5 N–H and O–H groups in total. The number of para-hydroxylation sites is 1. The first-order chi connectivity index (χ1) is 17.7. The second-order valence-electron chi connectivity index (χ2n) is 10.6. The van der Waals surface area contributed by atoms with Gasteiger partial charge in [-0.05, 0) is 56.2 Å². The second kappa shape index (κ2) is 13.4. The van der Waals surface area contributed by atoms with E-state index in [1.807, 2.05) is 30.5 Å². The summed E-state index contributed by atoms with van der Waals surface area (Å²) in [5, 5.41) is 17.4. The fraction of sp³-hybridized carbons (Fsp3) is 0.552. The van der Waals surface area contributed by atoms with Crippen LogP contribution in [0.3, 0.4) is 0 Å². The van der Waals surface area contributed by atoms with E-state index < -0.39 is 12.0 Å². The van der Waals surface area contributed by atoms with Crippen molar-refractivity contribution in [1.82, 2.24) is 25.6 Å². The van der Waals surface area contributed by atoms with Crippen LogP contribution < -0.4 is 10.6 Å². The van der Waals surface area contributed by atoms with E-state index in [9.17, 15) is 14.7 Å². The van der Waals surface area contributed by atoms with Crippen molar-refractivity contribution < 1.29 is 14.7 Å². The molecule has 0 bridgehead atoms. The summed E-state index contributed by atoms with van der Waals surface area (Å²) in [6.45, 7) is 11.1. The van der Waals surface area contributed by atoms with Crippen LogP contribution in [0, 0.1) is 18.8 Å². The number of aromatic carboxylic acids is 1. The molecule has 2 atom stereocenters. The highest BCUT2D eigenvalue weighted by atomic mass is 16.4. The van der Waals surface area contributed by atoms with Gasteiger partial charge in [-0.15, -0.1) is 0 Å². The first-order valence-corrected chi connectivity index (χ1v) is 13.6. The molecule has 1 unspecified atom stereocenters. The van der Waals surface area contributed by atoms with Crippen LogP contribution in [-0.4, -0.2) is 44.5 Å². The number of nitrogens with zero attached hydrogens (tertiary/aromatic N) is 1. The molecule has 0 aliphatic rings. The number of hydrogen-bond acceptors (Lipinski definition) is 4. The highest BCUT2D eigenvalue weighted by Crippen LogP contribution is 2.25. The normalized spacial score (nSPS) is 13.4. The van der Waals surface area contributed by atoms with Gasteiger partial charge in [0.15, 0.2) is 5.69 Å². The smallest absolute Gasteiger partial charge is 0.356 e. The van der Waals surface area contributed by atoms with Gasteiger partial charge in [0.05, 0.1) is 12.1 Å². The van der Waals surface area contributed by atoms with Gasteiger partial charge in [-0.25, -0.2) is 9.78 Å². The number of carbonyl (C=O) groups excluding carboxylic acids is 1. The molecule has 0 saturated heterocycles. The van der Waals surface area contributed by atoms with Crippen molar-refractivity contribution in [3.8, 4) is 0 Å². The number of rotatable bonds is 15. The molecule has 0 fully saturated rings. The number of nitrogens with one attached hydrogen (secondary N) is 4. The van der Waals surface area contributed by atoms with E-state index in [1.165, 1.54) is 0 Å². The van der Waals surface area contributed by atoms with Crippen molar-refractivity contribution in [2.75, 3.05) is 6.54 Å². The Kier molecular flexibility index (Phi) is 10.3. The van der Waals surface area contributed by atoms with Crippen molar-refractivity contribution in [1.29, 1.82) is 0 Å². The molecule has 0 saturated carbocycles. The Bertz CT molecular complexity index is 1160. The average Bonchev–Trinajstić information content (AvgIpc) is 3.44. The first-order valence-electron chi connectivity index (χ1n) is 13.6. The van der Waals surface area contributed by atoms with Gasteiger partial charge < -0.3 is 25.7 Å². The lowest BCUT2D eigenvalue weighted by atomic mass is 9.96. The third kappa shape index (κ3) is 7.68. The molecule has 0 aliphatic heterocycles. The Morgan fingerprint density at radius 1 is 1.11 bits per heavy atom. The molecular weight excluding hydrogens is 466 g/mol. The standard InChI is InChI=1S/C29H43N5O3/c1-6-10-20(11-7-2)16-30-25(14-18(3)4)28(35)33-24(27-32-19(5)26(34-27)29(36)37)15-21-17-31-23-13-9-8-12-22(21)23/h8-9,12-13,17-18,20,24-25,30-31H,6-7,10-11,14-16H2,1-5H3,(H,32,34)(H,33,35)(H,36,37)/t24?,25-/m0/s1. The third-order valence-electron chi connectivity index (χ3n) is 6.92. The maximum Gasteiger partial charge on any atom is 0.356 e. The van der Waals surface area contributed by atoms with E-state index in [0.717, 1.165) is 48.7 Å². The first kappa shape index (κ1) is 28.4. The lowest BCUT2D eigenvalue weighted by molar-refractivity contribution is -0.124. The van der Waals surface area contributed by atoms with E-state index in [4.69, 9.17) is 0 Å². The number of hydrogen-bond donors (Lipinski definition) is 5. The summed E-state index contributed by atoms with van der Waals surface area (Å²) in [4.78, 5) is 36.1. The zero-order valence-corrected chi connectivity index (χ0v) is 22.9. The second-order valence-corrected chi connectivity index (χ2v) is 10.6. The Morgan fingerprint density at radius 3 is 2.43 bits per heavy atom. The number of carboxylic acids is 1. The van der Waals surface area contributed by atoms with Crippen molar-refractivity contribution in [3.63, 3.8) is 0 Å². The van der Waals surface area contributed by atoms with Crippen molar-refractivity contribution in [2.45, 2.75) is 85.2 Å². The van der Waals surface area contributed by atoms with Gasteiger partial charge >= 0.3 is 5.97 Å². The molecule has 37 heavy (non-hydrogen) atoms. The summed E-state index contributed by atoms with van der Waals surface area (Å²) in [6.07, 6.45) is 7.68. The van der Waals surface area contributed by atoms with Crippen molar-refractivity contribution in [2.24, 2.45) is 11.8 Å². The molecule has 8 nitrogen and oxygen atoms in total. The van der Waals surface area contributed by atoms with Crippen LogP contribution in [0.25, 0.3) is 10.9 Å². The third-order valence-corrected chi connectivity index (χ3v) is 6.92. The molecular formula is C29H43N5O3. The van der Waals surface area contributed by atoms with Gasteiger partial charge in [0.25, 0.3) is 0 Å². The molecule has 0 radical (unpaired) electrons. The minimum absolute atomic E-state index is 0.0213. The van der Waals surface area contributed by atoms with E-state index >= 15 is 0 Å². The fourth-order valence-corrected chi connectivity index (χ4v) is 5.09. The van der Waals surface area contributed by atoms with Gasteiger partial charge in [-0.1, -0.05) is 58.7 Å². The van der Waals surface area contributed by atoms with Crippen LogP contribution in [0.1, 0.15) is 93.4 Å². The van der Waals surface area contributed by atoms with Crippen LogP contribution in [0.4, 0.5) is 0 Å². The van der Waals surface area contributed by atoms with Gasteiger partial charge in [-0.3, -0.25) is 4.79 Å². The molecule has 3 aromatic rings. The molecule has 0 aliphatic carbocycles. The largest absolute Gasteiger partial charge is 0.476 e. The monoisotopic (exact) mass is 509 g/mol. The van der Waals surface area contributed by atoms with Gasteiger partial charge in [0.1, 0.15) is 5.82 Å². The highest BCUT2D eigenvalue weighted by molar-refractivity contribution is 5.87. The highest BCUT2D eigenvalue weighted by Gasteiger charge is 2.27. The van der Waals surface area contributed by atoms with Gasteiger partial charge in [-0.2, -0.15) is 0 Å². The molecule has 1 aromatic carbocycles. The van der Waals surface area contributed by atoms with E-state index in [2.05, 4.69) is 53.3 Å². The molecule has 1 amide bonds. The number of aromatic amines is 2. The maximum atomic E-state index is 13.7. The molecule has 0 spiro atoms. The van der Waals surface area contributed by atoms with E-state index in [1.54, 1.807) is 6.92 Å². The van der Waals surface area contributed by atoms with Crippen LogP contribution in [0.2, 0.25) is 0 Å². The van der Waals surface area contributed by atoms with E-state index in [-0.39, 0.29) is 17.6 Å². The number of imidazole rings is 1. The summed E-state index contributed by atoms with van der Waals surface area (Å²) in [5.74, 6) is 0.165. The summed E-state index contributed by atoms with van der Waals surface area (Å²) >= 11 is 0. The quantitative estimate of drug-likeness (QED) is 0.185. The number of carbonyl (C=O) groups is 2. The zero-order chi connectivity index (χ0) is 26.9. The number of aryl methyl sites for hydroxylation is 1. The number of benzene rings is 1. The summed E-state index contributed by atoms with van der Waals surface area (Å²) in [7, 11) is 0. The van der Waals surface area contributed by atoms with Crippen LogP contribution in [0.15, 0.2) is 30.5 Å². The molecule has 202 valence electrons. The van der Waals surface area contributed by atoms with Gasteiger partial charge in [0.2, 0.25) is 5.91 Å². The number of amides is 1. The lowest BCUT2D eigenvalue weighted by Crippen LogP contribution is -2.48. The van der Waals surface area contributed by atoms with Crippen LogP contribution in [-0.2, 0) is 11.2 Å². The maximum absolute atomic E-state index is 13.7.